The largest absolute Gasteiger partial charge is 0.508 e. The van der Waals surface area contributed by atoms with Gasteiger partial charge in [0.25, 0.3) is 0 Å². The fourth-order valence-corrected chi connectivity index (χ4v) is 4.19. The minimum Gasteiger partial charge on any atom is -0.508 e. The standard InChI is InChI=1S/C24H25FN2O4/c1-12-7-14(3-6-19(12)25)22-18-5-4-17(29)10-20(18)27-23(21(22)13(2)11-28)26-16-8-15(9-16)24(30)31/h3-7,10,13,15-16,28-29H,8-9,11H2,1-2H3,(H,26,27)(H,30,31). The molecule has 4 rings (SSSR count). The Morgan fingerprint density at radius 3 is 2.65 bits per heavy atom. The van der Waals surface area contributed by atoms with Crippen molar-refractivity contribution < 1.29 is 24.5 Å². The lowest BCUT2D eigenvalue weighted by molar-refractivity contribution is -0.144. The third-order valence-electron chi connectivity index (χ3n) is 6.05. The summed E-state index contributed by atoms with van der Waals surface area (Å²) >= 11 is 0. The van der Waals surface area contributed by atoms with Gasteiger partial charge in [0.2, 0.25) is 0 Å². The molecule has 1 atom stereocenters. The van der Waals surface area contributed by atoms with Gasteiger partial charge in [0.1, 0.15) is 17.4 Å². The molecule has 4 N–H and O–H groups in total. The van der Waals surface area contributed by atoms with E-state index in [0.717, 1.165) is 22.1 Å². The van der Waals surface area contributed by atoms with Crippen LogP contribution in [-0.4, -0.2) is 38.9 Å². The van der Waals surface area contributed by atoms with E-state index in [0.29, 0.717) is 29.7 Å². The van der Waals surface area contributed by atoms with Gasteiger partial charge in [-0.1, -0.05) is 13.0 Å². The van der Waals surface area contributed by atoms with Crippen LogP contribution >= 0.6 is 0 Å². The summed E-state index contributed by atoms with van der Waals surface area (Å²) < 4.78 is 14.0. The highest BCUT2D eigenvalue weighted by atomic mass is 19.1. The van der Waals surface area contributed by atoms with E-state index in [2.05, 4.69) is 5.32 Å². The summed E-state index contributed by atoms with van der Waals surface area (Å²) in [6.45, 7) is 3.47. The maximum atomic E-state index is 14.0. The fraction of sp³-hybridized carbons (Fsp3) is 0.333. The van der Waals surface area contributed by atoms with Gasteiger partial charge in [-0.05, 0) is 60.7 Å². The normalized spacial score (nSPS) is 19.1. The van der Waals surface area contributed by atoms with Crippen LogP contribution < -0.4 is 5.32 Å². The van der Waals surface area contributed by atoms with Gasteiger partial charge >= 0.3 is 5.97 Å². The molecule has 6 nitrogen and oxygen atoms in total. The zero-order valence-corrected chi connectivity index (χ0v) is 17.4. The molecule has 1 aromatic heterocycles. The van der Waals surface area contributed by atoms with Crippen molar-refractivity contribution >= 4 is 22.7 Å². The van der Waals surface area contributed by atoms with E-state index in [9.17, 15) is 24.5 Å². The minimum atomic E-state index is -0.805. The molecule has 3 aromatic rings. The summed E-state index contributed by atoms with van der Waals surface area (Å²) in [6.07, 6.45) is 0.986. The summed E-state index contributed by atoms with van der Waals surface area (Å²) in [7, 11) is 0. The van der Waals surface area contributed by atoms with Crippen LogP contribution in [0.5, 0.6) is 5.75 Å². The number of aliphatic carboxylic acids is 1. The Morgan fingerprint density at radius 1 is 1.26 bits per heavy atom. The van der Waals surface area contributed by atoms with Crippen LogP contribution in [0.1, 0.15) is 36.8 Å². The minimum absolute atomic E-state index is 0.0456. The van der Waals surface area contributed by atoms with Crippen LogP contribution in [0.4, 0.5) is 10.2 Å². The van der Waals surface area contributed by atoms with Gasteiger partial charge in [0.15, 0.2) is 0 Å². The summed E-state index contributed by atoms with van der Waals surface area (Å²) in [5, 5.41) is 33.3. The Balaban J connectivity index is 1.92. The van der Waals surface area contributed by atoms with Crippen LogP contribution in [0.2, 0.25) is 0 Å². The first-order chi connectivity index (χ1) is 14.8. The summed E-state index contributed by atoms with van der Waals surface area (Å²) in [6, 6.07) is 9.75. The van der Waals surface area contributed by atoms with Crippen LogP contribution in [-0.2, 0) is 4.79 Å². The van der Waals surface area contributed by atoms with Crippen molar-refractivity contribution in [2.75, 3.05) is 11.9 Å². The number of rotatable bonds is 6. The molecular formula is C24H25FN2O4. The van der Waals surface area contributed by atoms with E-state index in [-0.39, 0.29) is 36.1 Å². The third kappa shape index (κ3) is 3.93. The molecule has 0 aliphatic heterocycles. The number of pyridine rings is 1. The molecule has 2 aromatic carbocycles. The van der Waals surface area contributed by atoms with E-state index in [1.807, 2.05) is 6.92 Å². The van der Waals surface area contributed by atoms with E-state index in [4.69, 9.17) is 4.98 Å². The molecule has 1 aliphatic rings. The maximum Gasteiger partial charge on any atom is 0.306 e. The molecular weight excluding hydrogens is 399 g/mol. The number of phenolic OH excluding ortho intramolecular Hbond substituents is 1. The van der Waals surface area contributed by atoms with Crippen molar-refractivity contribution in [3.63, 3.8) is 0 Å². The second-order valence-electron chi connectivity index (χ2n) is 8.35. The number of carboxylic acids is 1. The highest BCUT2D eigenvalue weighted by Crippen LogP contribution is 2.42. The average Bonchev–Trinajstić information content (AvgIpc) is 2.70. The highest BCUT2D eigenvalue weighted by Gasteiger charge is 2.35. The summed E-state index contributed by atoms with van der Waals surface area (Å²) in [5.74, 6) is -1.14. The van der Waals surface area contributed by atoms with Gasteiger partial charge < -0.3 is 20.6 Å². The number of aliphatic hydroxyl groups excluding tert-OH is 1. The molecule has 0 radical (unpaired) electrons. The quantitative estimate of drug-likeness (QED) is 0.467. The molecule has 31 heavy (non-hydrogen) atoms. The molecule has 1 fully saturated rings. The zero-order chi connectivity index (χ0) is 22.3. The van der Waals surface area contributed by atoms with Crippen molar-refractivity contribution in [3.8, 4) is 16.9 Å². The second kappa shape index (κ2) is 8.15. The van der Waals surface area contributed by atoms with Crippen molar-refractivity contribution in [1.82, 2.24) is 4.98 Å². The van der Waals surface area contributed by atoms with Gasteiger partial charge in [0.05, 0.1) is 11.4 Å². The lowest BCUT2D eigenvalue weighted by atomic mass is 9.80. The van der Waals surface area contributed by atoms with E-state index < -0.39 is 5.97 Å². The van der Waals surface area contributed by atoms with Crippen molar-refractivity contribution in [2.45, 2.75) is 38.6 Å². The smallest absolute Gasteiger partial charge is 0.306 e. The predicted molar refractivity (Wildman–Crippen MR) is 117 cm³/mol. The van der Waals surface area contributed by atoms with E-state index >= 15 is 0 Å². The van der Waals surface area contributed by atoms with Crippen LogP contribution in [0.15, 0.2) is 36.4 Å². The molecule has 0 saturated heterocycles. The maximum absolute atomic E-state index is 14.0. The third-order valence-corrected chi connectivity index (χ3v) is 6.05. The first-order valence-electron chi connectivity index (χ1n) is 10.3. The number of carboxylic acid groups (broad SMARTS) is 1. The Hall–Kier alpha value is -3.19. The number of carbonyl (C=O) groups is 1. The van der Waals surface area contributed by atoms with Gasteiger partial charge in [-0.25, -0.2) is 9.37 Å². The lowest BCUT2D eigenvalue weighted by Crippen LogP contribution is -2.40. The number of aryl methyl sites for hydroxylation is 1. The fourth-order valence-electron chi connectivity index (χ4n) is 4.19. The monoisotopic (exact) mass is 424 g/mol. The Kier molecular flexibility index (Phi) is 5.54. The SMILES string of the molecule is Cc1cc(-c2c(C(C)CO)c(NC3CC(C(=O)O)C3)nc3cc(O)ccc23)ccc1F. The van der Waals surface area contributed by atoms with Crippen molar-refractivity contribution in [1.29, 1.82) is 0 Å². The first kappa shape index (κ1) is 21.1. The molecule has 1 heterocycles. The number of benzene rings is 2. The van der Waals surface area contributed by atoms with Crippen molar-refractivity contribution in [2.24, 2.45) is 5.92 Å². The lowest BCUT2D eigenvalue weighted by Gasteiger charge is -2.34. The van der Waals surface area contributed by atoms with Crippen molar-refractivity contribution in [3.05, 3.63) is 53.3 Å². The molecule has 0 bridgehead atoms. The average molecular weight is 424 g/mol. The number of aliphatic hydroxyl groups is 1. The second-order valence-corrected chi connectivity index (χ2v) is 8.35. The number of nitrogens with one attached hydrogen (secondary N) is 1. The number of anilines is 1. The topological polar surface area (TPSA) is 103 Å². The number of aromatic nitrogens is 1. The van der Waals surface area contributed by atoms with Crippen LogP contribution in [0.3, 0.4) is 0 Å². The molecule has 0 amide bonds. The van der Waals surface area contributed by atoms with Gasteiger partial charge in [-0.3, -0.25) is 4.79 Å². The van der Waals surface area contributed by atoms with Gasteiger partial charge in [-0.15, -0.1) is 0 Å². The number of aromatic hydroxyl groups is 1. The number of phenols is 1. The highest BCUT2D eigenvalue weighted by molar-refractivity contribution is 5.99. The van der Waals surface area contributed by atoms with Gasteiger partial charge in [0, 0.05) is 35.6 Å². The molecule has 1 saturated carbocycles. The molecule has 1 aliphatic carbocycles. The number of hydrogen-bond acceptors (Lipinski definition) is 5. The molecule has 7 heteroatoms. The number of nitrogens with zero attached hydrogens (tertiary/aromatic N) is 1. The number of halogens is 1. The van der Waals surface area contributed by atoms with Crippen LogP contribution in [0, 0.1) is 18.7 Å². The Labute approximate surface area is 179 Å². The Morgan fingerprint density at radius 2 is 2.00 bits per heavy atom. The first-order valence-corrected chi connectivity index (χ1v) is 10.3. The molecule has 1 unspecified atom stereocenters. The van der Waals surface area contributed by atoms with E-state index in [1.165, 1.54) is 6.07 Å². The number of hydrogen-bond donors (Lipinski definition) is 4. The molecule has 0 spiro atoms. The zero-order valence-electron chi connectivity index (χ0n) is 17.4. The summed E-state index contributed by atoms with van der Waals surface area (Å²) in [4.78, 5) is 15.9. The summed E-state index contributed by atoms with van der Waals surface area (Å²) in [5.41, 5.74) is 3.44. The number of fused-ring (bicyclic) bond motifs is 1. The van der Waals surface area contributed by atoms with Gasteiger partial charge in [-0.2, -0.15) is 0 Å². The van der Waals surface area contributed by atoms with Crippen LogP contribution in [0.25, 0.3) is 22.0 Å². The molecule has 162 valence electrons. The van der Waals surface area contributed by atoms with E-state index in [1.54, 1.807) is 37.3 Å². The predicted octanol–water partition coefficient (Wildman–Crippen LogP) is 4.43. The Bertz CT molecular complexity index is 1160.